The summed E-state index contributed by atoms with van der Waals surface area (Å²) in [6, 6.07) is 0. The van der Waals surface area contributed by atoms with Crippen molar-refractivity contribution in [1.82, 2.24) is 0 Å². The minimum atomic E-state index is -0.290. The third-order valence-corrected chi connectivity index (χ3v) is 2.52. The standard InChI is InChI=1S/C10H15NO/c1-2-9(12)8-10(11)6-4-3-5-7-10/h1H,3-8,11H2. The summed E-state index contributed by atoms with van der Waals surface area (Å²) in [5.41, 5.74) is 5.73. The number of ketones is 1. The molecule has 1 fully saturated rings. The number of Topliss-reactive ketones (excluding diaryl/α,β-unsaturated/α-hetero) is 1. The number of carbonyl (C=O) groups excluding carboxylic acids is 1. The number of nitrogens with two attached hydrogens (primary N) is 1. The van der Waals surface area contributed by atoms with E-state index in [1.165, 1.54) is 6.42 Å². The van der Waals surface area contributed by atoms with Gasteiger partial charge in [-0.1, -0.05) is 19.3 Å². The molecule has 0 saturated heterocycles. The molecule has 0 amide bonds. The lowest BCUT2D eigenvalue weighted by molar-refractivity contribution is -0.115. The summed E-state index contributed by atoms with van der Waals surface area (Å²) in [7, 11) is 0. The van der Waals surface area contributed by atoms with Crippen molar-refractivity contribution < 1.29 is 4.79 Å². The molecule has 0 aromatic rings. The minimum absolute atomic E-state index is 0.153. The fourth-order valence-corrected chi connectivity index (χ4v) is 1.80. The van der Waals surface area contributed by atoms with Crippen molar-refractivity contribution in [2.24, 2.45) is 5.73 Å². The summed E-state index contributed by atoms with van der Waals surface area (Å²) >= 11 is 0. The van der Waals surface area contributed by atoms with E-state index in [1.54, 1.807) is 0 Å². The molecule has 2 heteroatoms. The second-order valence-electron chi connectivity index (χ2n) is 3.67. The molecular weight excluding hydrogens is 150 g/mol. The number of hydrogen-bond donors (Lipinski definition) is 1. The van der Waals surface area contributed by atoms with Gasteiger partial charge in [0.15, 0.2) is 0 Å². The Labute approximate surface area is 73.5 Å². The molecule has 2 N–H and O–H groups in total. The first-order chi connectivity index (χ1) is 5.66. The van der Waals surface area contributed by atoms with Gasteiger partial charge in [0.2, 0.25) is 5.78 Å². The fraction of sp³-hybridized carbons (Fsp3) is 0.700. The topological polar surface area (TPSA) is 43.1 Å². The lowest BCUT2D eigenvalue weighted by Gasteiger charge is -2.32. The van der Waals surface area contributed by atoms with E-state index in [2.05, 4.69) is 5.92 Å². The van der Waals surface area contributed by atoms with Crippen LogP contribution >= 0.6 is 0 Å². The molecule has 0 spiro atoms. The monoisotopic (exact) mass is 165 g/mol. The van der Waals surface area contributed by atoms with Gasteiger partial charge in [0.25, 0.3) is 0 Å². The lowest BCUT2D eigenvalue weighted by atomic mass is 9.79. The zero-order chi connectivity index (χ0) is 9.03. The first kappa shape index (κ1) is 9.28. The Morgan fingerprint density at radius 3 is 2.50 bits per heavy atom. The maximum atomic E-state index is 11.0. The average Bonchev–Trinajstić information content (AvgIpc) is 2.05. The van der Waals surface area contributed by atoms with Gasteiger partial charge in [-0.05, 0) is 18.8 Å². The van der Waals surface area contributed by atoms with Crippen LogP contribution < -0.4 is 5.73 Å². The van der Waals surface area contributed by atoms with Gasteiger partial charge in [0.1, 0.15) is 0 Å². The number of terminal acetylenes is 1. The highest BCUT2D eigenvalue weighted by molar-refractivity contribution is 5.95. The third kappa shape index (κ3) is 2.35. The SMILES string of the molecule is C#CC(=O)CC1(N)CCCCC1. The van der Waals surface area contributed by atoms with Gasteiger partial charge < -0.3 is 5.73 Å². The Morgan fingerprint density at radius 2 is 2.00 bits per heavy atom. The largest absolute Gasteiger partial charge is 0.325 e. The van der Waals surface area contributed by atoms with Crippen LogP contribution in [0.3, 0.4) is 0 Å². The highest BCUT2D eigenvalue weighted by Gasteiger charge is 2.29. The molecule has 1 rings (SSSR count). The molecule has 0 aromatic carbocycles. The van der Waals surface area contributed by atoms with Crippen molar-refractivity contribution in [2.75, 3.05) is 0 Å². The van der Waals surface area contributed by atoms with Gasteiger partial charge in [-0.15, -0.1) is 6.42 Å². The van der Waals surface area contributed by atoms with Gasteiger partial charge in [-0.3, -0.25) is 4.79 Å². The molecule has 0 unspecified atom stereocenters. The van der Waals surface area contributed by atoms with Crippen LogP contribution in [0.15, 0.2) is 0 Å². The van der Waals surface area contributed by atoms with E-state index in [1.807, 2.05) is 0 Å². The molecule has 2 nitrogen and oxygen atoms in total. The summed E-state index contributed by atoms with van der Waals surface area (Å²) in [5, 5.41) is 0. The van der Waals surface area contributed by atoms with E-state index < -0.39 is 0 Å². The lowest BCUT2D eigenvalue weighted by Crippen LogP contribution is -2.43. The van der Waals surface area contributed by atoms with Crippen molar-refractivity contribution in [3.8, 4) is 12.3 Å². The highest BCUT2D eigenvalue weighted by Crippen LogP contribution is 2.28. The quantitative estimate of drug-likeness (QED) is 0.494. The highest BCUT2D eigenvalue weighted by atomic mass is 16.1. The summed E-state index contributed by atoms with van der Waals surface area (Å²) in [6.45, 7) is 0. The first-order valence-electron chi connectivity index (χ1n) is 4.45. The van der Waals surface area contributed by atoms with E-state index in [-0.39, 0.29) is 11.3 Å². The van der Waals surface area contributed by atoms with Crippen molar-refractivity contribution in [2.45, 2.75) is 44.1 Å². The predicted octanol–water partition coefficient (Wildman–Crippen LogP) is 1.24. The fourth-order valence-electron chi connectivity index (χ4n) is 1.80. The van der Waals surface area contributed by atoms with E-state index >= 15 is 0 Å². The zero-order valence-electron chi connectivity index (χ0n) is 7.31. The average molecular weight is 165 g/mol. The maximum absolute atomic E-state index is 11.0. The van der Waals surface area contributed by atoms with Crippen LogP contribution in [0.5, 0.6) is 0 Å². The summed E-state index contributed by atoms with van der Waals surface area (Å²) in [6.07, 6.45) is 10.8. The van der Waals surface area contributed by atoms with E-state index in [4.69, 9.17) is 12.2 Å². The molecule has 1 aliphatic carbocycles. The van der Waals surface area contributed by atoms with Gasteiger partial charge >= 0.3 is 0 Å². The van der Waals surface area contributed by atoms with E-state index in [0.717, 1.165) is 25.7 Å². The summed E-state index contributed by atoms with van der Waals surface area (Å²) < 4.78 is 0. The first-order valence-corrected chi connectivity index (χ1v) is 4.45. The molecule has 1 saturated carbocycles. The number of rotatable bonds is 2. The van der Waals surface area contributed by atoms with Crippen LogP contribution in [0, 0.1) is 12.3 Å². The maximum Gasteiger partial charge on any atom is 0.207 e. The zero-order valence-corrected chi connectivity index (χ0v) is 7.31. The number of hydrogen-bond acceptors (Lipinski definition) is 2. The van der Waals surface area contributed by atoms with E-state index in [9.17, 15) is 4.79 Å². The Bertz CT molecular complexity index is 208. The van der Waals surface area contributed by atoms with Crippen LogP contribution in [0.25, 0.3) is 0 Å². The Morgan fingerprint density at radius 1 is 1.42 bits per heavy atom. The molecule has 0 heterocycles. The van der Waals surface area contributed by atoms with Gasteiger partial charge in [0, 0.05) is 12.0 Å². The Hall–Kier alpha value is -0.810. The van der Waals surface area contributed by atoms with Crippen LogP contribution in [-0.4, -0.2) is 11.3 Å². The molecule has 12 heavy (non-hydrogen) atoms. The van der Waals surface area contributed by atoms with Crippen LogP contribution in [0.2, 0.25) is 0 Å². The van der Waals surface area contributed by atoms with Crippen molar-refractivity contribution in [3.63, 3.8) is 0 Å². The van der Waals surface area contributed by atoms with Crippen molar-refractivity contribution in [3.05, 3.63) is 0 Å². The molecular formula is C10H15NO. The summed E-state index contributed by atoms with van der Waals surface area (Å²) in [4.78, 5) is 11.0. The van der Waals surface area contributed by atoms with E-state index in [0.29, 0.717) is 6.42 Å². The molecule has 0 atom stereocenters. The molecule has 1 aliphatic rings. The molecule has 0 aliphatic heterocycles. The van der Waals surface area contributed by atoms with Crippen LogP contribution in [-0.2, 0) is 4.79 Å². The molecule has 0 bridgehead atoms. The Balaban J connectivity index is 2.48. The normalized spacial score (nSPS) is 21.3. The van der Waals surface area contributed by atoms with Crippen molar-refractivity contribution in [1.29, 1.82) is 0 Å². The molecule has 66 valence electrons. The van der Waals surface area contributed by atoms with Crippen LogP contribution in [0.4, 0.5) is 0 Å². The van der Waals surface area contributed by atoms with Gasteiger partial charge in [-0.25, -0.2) is 0 Å². The van der Waals surface area contributed by atoms with Gasteiger partial charge in [0.05, 0.1) is 0 Å². The second kappa shape index (κ2) is 3.73. The smallest absolute Gasteiger partial charge is 0.207 e. The van der Waals surface area contributed by atoms with Crippen LogP contribution in [0.1, 0.15) is 38.5 Å². The van der Waals surface area contributed by atoms with Crippen molar-refractivity contribution >= 4 is 5.78 Å². The number of carbonyl (C=O) groups is 1. The molecule has 0 radical (unpaired) electrons. The predicted molar refractivity (Wildman–Crippen MR) is 48.5 cm³/mol. The Kier molecular flexibility index (Phi) is 2.88. The third-order valence-electron chi connectivity index (χ3n) is 2.52. The molecule has 0 aromatic heterocycles. The minimum Gasteiger partial charge on any atom is -0.325 e. The summed E-state index contributed by atoms with van der Waals surface area (Å²) in [5.74, 6) is 1.97. The second-order valence-corrected chi connectivity index (χ2v) is 3.67. The van der Waals surface area contributed by atoms with Gasteiger partial charge in [-0.2, -0.15) is 0 Å².